The molecule has 16 heavy (non-hydrogen) atoms. The van der Waals surface area contributed by atoms with Crippen molar-refractivity contribution in [2.45, 2.75) is 19.8 Å². The fourth-order valence-corrected chi connectivity index (χ4v) is 1.88. The van der Waals surface area contributed by atoms with E-state index < -0.39 is 0 Å². The Morgan fingerprint density at radius 1 is 1.12 bits per heavy atom. The monoisotopic (exact) mass is 214 g/mol. The van der Waals surface area contributed by atoms with Crippen molar-refractivity contribution in [3.63, 3.8) is 0 Å². The van der Waals surface area contributed by atoms with Gasteiger partial charge < -0.3 is 5.11 Å². The van der Waals surface area contributed by atoms with Crippen molar-refractivity contribution in [2.24, 2.45) is 5.41 Å². The van der Waals surface area contributed by atoms with Crippen molar-refractivity contribution in [1.82, 2.24) is 0 Å². The normalized spacial score (nSPS) is 28.3. The summed E-state index contributed by atoms with van der Waals surface area (Å²) in [5.41, 5.74) is 2.41. The third-order valence-corrected chi connectivity index (χ3v) is 3.17. The Balaban J connectivity index is 2.18. The highest BCUT2D eigenvalue weighted by Crippen LogP contribution is 2.30. The molecule has 84 valence electrons. The predicted octanol–water partition coefficient (Wildman–Crippen LogP) is 3.20. The predicted molar refractivity (Wildman–Crippen MR) is 67.4 cm³/mol. The van der Waals surface area contributed by atoms with Gasteiger partial charge in [0.1, 0.15) is 0 Å². The summed E-state index contributed by atoms with van der Waals surface area (Å²) >= 11 is 0. The zero-order chi connectivity index (χ0) is 11.6. The van der Waals surface area contributed by atoms with Gasteiger partial charge in [-0.05, 0) is 12.5 Å². The van der Waals surface area contributed by atoms with Crippen LogP contribution in [0.25, 0.3) is 0 Å². The van der Waals surface area contributed by atoms with Gasteiger partial charge in [0.05, 0.1) is 6.61 Å². The minimum Gasteiger partial charge on any atom is -0.395 e. The average molecular weight is 214 g/mol. The molecule has 1 heteroatoms. The molecular weight excluding hydrogens is 196 g/mol. The maximum Gasteiger partial charge on any atom is 0.0554 e. The van der Waals surface area contributed by atoms with Crippen LogP contribution in [0.15, 0.2) is 48.6 Å². The van der Waals surface area contributed by atoms with E-state index in [1.54, 1.807) is 0 Å². The molecule has 0 unspecified atom stereocenters. The maximum atomic E-state index is 9.24. The van der Waals surface area contributed by atoms with Gasteiger partial charge in [0.25, 0.3) is 0 Å². The number of hydrogen-bond donors (Lipinski definition) is 1. The fraction of sp³-hybridized carbons (Fsp3) is 0.333. The van der Waals surface area contributed by atoms with Crippen LogP contribution in [0.4, 0.5) is 0 Å². The first-order valence-electron chi connectivity index (χ1n) is 5.69. The second kappa shape index (κ2) is 4.26. The molecule has 1 N–H and O–H groups in total. The van der Waals surface area contributed by atoms with Gasteiger partial charge in [-0.15, -0.1) is 0 Å². The quantitative estimate of drug-likeness (QED) is 0.749. The molecule has 1 aliphatic carbocycles. The topological polar surface area (TPSA) is 20.2 Å². The molecule has 1 aromatic rings. The smallest absolute Gasteiger partial charge is 0.0554 e. The molecule has 0 amide bonds. The number of benzene rings is 1. The third-order valence-electron chi connectivity index (χ3n) is 3.17. The van der Waals surface area contributed by atoms with Gasteiger partial charge in [-0.1, -0.05) is 61.1 Å². The van der Waals surface area contributed by atoms with E-state index >= 15 is 0 Å². The van der Waals surface area contributed by atoms with Crippen molar-refractivity contribution in [3.8, 4) is 0 Å². The SMILES string of the molecule is Cc1ccc(C2C=CC(C)(CO)C=C2)cc1. The molecule has 0 spiro atoms. The zero-order valence-corrected chi connectivity index (χ0v) is 9.85. The highest BCUT2D eigenvalue weighted by Gasteiger charge is 2.20. The Hall–Kier alpha value is -1.34. The molecule has 0 saturated carbocycles. The Labute approximate surface area is 97.1 Å². The molecule has 0 bridgehead atoms. The van der Waals surface area contributed by atoms with Crippen LogP contribution in [0, 0.1) is 12.3 Å². The van der Waals surface area contributed by atoms with Gasteiger partial charge in [-0.3, -0.25) is 0 Å². The number of aliphatic hydroxyl groups excluding tert-OH is 1. The standard InChI is InChI=1S/C15H18O/c1-12-3-5-13(6-4-12)14-7-9-15(2,11-16)10-8-14/h3-10,14,16H,11H2,1-2H3. The summed E-state index contributed by atoms with van der Waals surface area (Å²) in [6.07, 6.45) is 8.52. The zero-order valence-electron chi connectivity index (χ0n) is 9.85. The van der Waals surface area contributed by atoms with Crippen LogP contribution < -0.4 is 0 Å². The second-order valence-electron chi connectivity index (χ2n) is 4.82. The Bertz CT molecular complexity index is 398. The van der Waals surface area contributed by atoms with E-state index in [9.17, 15) is 5.11 Å². The van der Waals surface area contributed by atoms with Gasteiger partial charge in [0.2, 0.25) is 0 Å². The lowest BCUT2D eigenvalue weighted by Crippen LogP contribution is -2.18. The summed E-state index contributed by atoms with van der Waals surface area (Å²) in [6.45, 7) is 4.30. The molecule has 0 saturated heterocycles. The molecular formula is C15H18O. The second-order valence-corrected chi connectivity index (χ2v) is 4.82. The summed E-state index contributed by atoms with van der Waals surface area (Å²) in [7, 11) is 0. The van der Waals surface area contributed by atoms with Crippen molar-refractivity contribution in [3.05, 3.63) is 59.7 Å². The maximum absolute atomic E-state index is 9.24. The van der Waals surface area contributed by atoms with Gasteiger partial charge in [0, 0.05) is 11.3 Å². The van der Waals surface area contributed by atoms with Gasteiger partial charge >= 0.3 is 0 Å². The average Bonchev–Trinajstić information content (AvgIpc) is 2.32. The van der Waals surface area contributed by atoms with Crippen LogP contribution in [0.5, 0.6) is 0 Å². The number of hydrogen-bond acceptors (Lipinski definition) is 1. The number of aliphatic hydroxyl groups is 1. The van der Waals surface area contributed by atoms with E-state index in [-0.39, 0.29) is 12.0 Å². The number of allylic oxidation sites excluding steroid dienone is 2. The molecule has 0 radical (unpaired) electrons. The fourth-order valence-electron chi connectivity index (χ4n) is 1.88. The first-order valence-corrected chi connectivity index (χ1v) is 5.69. The molecule has 0 aromatic heterocycles. The van der Waals surface area contributed by atoms with Crippen molar-refractivity contribution >= 4 is 0 Å². The van der Waals surface area contributed by atoms with Crippen LogP contribution in [-0.2, 0) is 0 Å². The lowest BCUT2D eigenvalue weighted by atomic mass is 9.82. The molecule has 0 atom stereocenters. The summed E-state index contributed by atoms with van der Waals surface area (Å²) < 4.78 is 0. The van der Waals surface area contributed by atoms with E-state index in [1.807, 2.05) is 6.92 Å². The highest BCUT2D eigenvalue weighted by molar-refractivity contribution is 5.35. The number of aryl methyl sites for hydroxylation is 1. The number of rotatable bonds is 2. The molecule has 1 aliphatic rings. The first kappa shape index (κ1) is 11.2. The molecule has 2 rings (SSSR count). The molecule has 0 fully saturated rings. The summed E-state index contributed by atoms with van der Waals surface area (Å²) in [4.78, 5) is 0. The molecule has 0 heterocycles. The largest absolute Gasteiger partial charge is 0.395 e. The van der Waals surface area contributed by atoms with E-state index in [2.05, 4.69) is 55.5 Å². The summed E-state index contributed by atoms with van der Waals surface area (Å²) in [5.74, 6) is 0.347. The van der Waals surface area contributed by atoms with Gasteiger partial charge in [-0.25, -0.2) is 0 Å². The van der Waals surface area contributed by atoms with E-state index in [0.29, 0.717) is 5.92 Å². The Morgan fingerprint density at radius 3 is 2.19 bits per heavy atom. The molecule has 1 aromatic carbocycles. The van der Waals surface area contributed by atoms with E-state index in [0.717, 1.165) is 0 Å². The van der Waals surface area contributed by atoms with Crippen LogP contribution in [0.3, 0.4) is 0 Å². The van der Waals surface area contributed by atoms with Crippen molar-refractivity contribution in [2.75, 3.05) is 6.61 Å². The minimum absolute atomic E-state index is 0.167. The van der Waals surface area contributed by atoms with Crippen molar-refractivity contribution in [1.29, 1.82) is 0 Å². The van der Waals surface area contributed by atoms with Crippen LogP contribution in [0.1, 0.15) is 24.0 Å². The molecule has 0 aliphatic heterocycles. The lowest BCUT2D eigenvalue weighted by molar-refractivity contribution is 0.218. The Morgan fingerprint density at radius 2 is 1.69 bits per heavy atom. The van der Waals surface area contributed by atoms with E-state index in [1.165, 1.54) is 11.1 Å². The summed E-state index contributed by atoms with van der Waals surface area (Å²) in [5, 5.41) is 9.24. The summed E-state index contributed by atoms with van der Waals surface area (Å²) in [6, 6.07) is 8.60. The van der Waals surface area contributed by atoms with Gasteiger partial charge in [0.15, 0.2) is 0 Å². The Kier molecular flexibility index (Phi) is 2.97. The van der Waals surface area contributed by atoms with Crippen LogP contribution in [-0.4, -0.2) is 11.7 Å². The highest BCUT2D eigenvalue weighted by atomic mass is 16.3. The van der Waals surface area contributed by atoms with Gasteiger partial charge in [-0.2, -0.15) is 0 Å². The lowest BCUT2D eigenvalue weighted by Gasteiger charge is -2.24. The molecule has 1 nitrogen and oxygen atoms in total. The third kappa shape index (κ3) is 2.25. The van der Waals surface area contributed by atoms with E-state index in [4.69, 9.17) is 0 Å². The van der Waals surface area contributed by atoms with Crippen molar-refractivity contribution < 1.29 is 5.11 Å². The minimum atomic E-state index is -0.179. The van der Waals surface area contributed by atoms with Crippen LogP contribution >= 0.6 is 0 Å². The first-order chi connectivity index (χ1) is 7.63. The van der Waals surface area contributed by atoms with Crippen LogP contribution in [0.2, 0.25) is 0 Å².